The Morgan fingerprint density at radius 3 is 2.83 bits per heavy atom. The van der Waals surface area contributed by atoms with Gasteiger partial charge in [0.05, 0.1) is 12.2 Å². The largest absolute Gasteiger partial charge is 0.493 e. The number of aryl methyl sites for hydroxylation is 1. The van der Waals surface area contributed by atoms with Crippen molar-refractivity contribution in [2.75, 3.05) is 11.9 Å². The molecule has 0 saturated carbocycles. The van der Waals surface area contributed by atoms with Crippen LogP contribution in [0.5, 0.6) is 5.75 Å². The Hall–Kier alpha value is -2.03. The number of ether oxygens (including phenoxy) is 1. The van der Waals surface area contributed by atoms with Crippen LogP contribution >= 0.6 is 22.9 Å². The van der Waals surface area contributed by atoms with Gasteiger partial charge in [-0.15, -0.1) is 11.3 Å². The van der Waals surface area contributed by atoms with Crippen molar-refractivity contribution < 1.29 is 9.53 Å². The Kier molecular flexibility index (Phi) is 7.10. The summed E-state index contributed by atoms with van der Waals surface area (Å²) in [7, 11) is 0. The molecule has 0 fully saturated rings. The van der Waals surface area contributed by atoms with Crippen LogP contribution < -0.4 is 10.1 Å². The van der Waals surface area contributed by atoms with Gasteiger partial charge in [-0.3, -0.25) is 4.79 Å². The Morgan fingerprint density at radius 1 is 1.40 bits per heavy atom. The van der Waals surface area contributed by atoms with E-state index < -0.39 is 0 Å². The highest BCUT2D eigenvalue weighted by Gasteiger charge is 2.32. The van der Waals surface area contributed by atoms with Crippen LogP contribution in [0.2, 0.25) is 5.02 Å². The minimum absolute atomic E-state index is 0.0751. The molecule has 1 atom stereocenters. The van der Waals surface area contributed by atoms with Gasteiger partial charge in [-0.25, -0.2) is 0 Å². The lowest BCUT2D eigenvalue weighted by Gasteiger charge is -2.33. The molecule has 2 aromatic rings. The first-order valence-corrected chi connectivity index (χ1v) is 11.6. The number of carbonyl (C=O) groups excluding carboxylic acids is 1. The maximum atomic E-state index is 12.5. The lowest BCUT2D eigenvalue weighted by molar-refractivity contribution is -0.116. The summed E-state index contributed by atoms with van der Waals surface area (Å²) < 4.78 is 5.76. The van der Waals surface area contributed by atoms with Crippen molar-refractivity contribution in [1.29, 1.82) is 5.26 Å². The number of fused-ring (bicyclic) bond motifs is 1. The molecule has 1 aromatic carbocycles. The average Bonchev–Trinajstić information content (AvgIpc) is 3.01. The van der Waals surface area contributed by atoms with Crippen LogP contribution in [0.15, 0.2) is 18.2 Å². The van der Waals surface area contributed by atoms with Gasteiger partial charge in [0.1, 0.15) is 16.8 Å². The van der Waals surface area contributed by atoms with Gasteiger partial charge in [0.15, 0.2) is 0 Å². The summed E-state index contributed by atoms with van der Waals surface area (Å²) in [6, 6.07) is 7.82. The van der Waals surface area contributed by atoms with Crippen molar-refractivity contribution in [2.24, 2.45) is 11.3 Å². The van der Waals surface area contributed by atoms with Crippen LogP contribution in [0.1, 0.15) is 61.6 Å². The molecule has 30 heavy (non-hydrogen) atoms. The van der Waals surface area contributed by atoms with E-state index in [0.717, 1.165) is 36.1 Å². The number of nitrogens with zero attached hydrogens (tertiary/aromatic N) is 1. The molecule has 0 unspecified atom stereocenters. The lowest BCUT2D eigenvalue weighted by atomic mass is 9.72. The Labute approximate surface area is 188 Å². The Balaban J connectivity index is 1.55. The number of benzene rings is 1. The number of carbonyl (C=O) groups is 1. The van der Waals surface area contributed by atoms with E-state index in [0.29, 0.717) is 41.0 Å². The zero-order valence-corrected chi connectivity index (χ0v) is 19.7. The summed E-state index contributed by atoms with van der Waals surface area (Å²) in [4.78, 5) is 13.7. The highest BCUT2D eigenvalue weighted by atomic mass is 35.5. The fourth-order valence-electron chi connectivity index (χ4n) is 3.91. The molecule has 6 heteroatoms. The number of amides is 1. The zero-order chi connectivity index (χ0) is 21.9. The topological polar surface area (TPSA) is 62.1 Å². The molecular formula is C24H29ClN2O2S. The molecule has 1 aliphatic rings. The summed E-state index contributed by atoms with van der Waals surface area (Å²) in [5, 5.41) is 14.0. The molecule has 4 nitrogen and oxygen atoms in total. The maximum absolute atomic E-state index is 12.5. The van der Waals surface area contributed by atoms with Crippen LogP contribution in [0, 0.1) is 29.6 Å². The minimum atomic E-state index is -0.0751. The molecule has 160 valence electrons. The second-order valence-corrected chi connectivity index (χ2v) is 10.6. The lowest BCUT2D eigenvalue weighted by Crippen LogP contribution is -2.26. The highest BCUT2D eigenvalue weighted by Crippen LogP contribution is 2.44. The first-order valence-electron chi connectivity index (χ1n) is 10.4. The van der Waals surface area contributed by atoms with Crippen LogP contribution in [0.4, 0.5) is 5.00 Å². The van der Waals surface area contributed by atoms with Crippen molar-refractivity contribution in [2.45, 2.75) is 59.8 Å². The quantitative estimate of drug-likeness (QED) is 0.515. The minimum Gasteiger partial charge on any atom is -0.493 e. The van der Waals surface area contributed by atoms with Crippen LogP contribution in [-0.4, -0.2) is 12.5 Å². The Bertz CT molecular complexity index is 969. The van der Waals surface area contributed by atoms with Crippen molar-refractivity contribution in [1.82, 2.24) is 0 Å². The highest BCUT2D eigenvalue weighted by molar-refractivity contribution is 7.16. The summed E-state index contributed by atoms with van der Waals surface area (Å²) >= 11 is 7.53. The standard InChI is InChI=1S/C24H29ClN2O2S/c1-15-12-17(25)8-10-20(15)29-11-5-6-22(28)27-23-19(14-26)18-9-7-16(24(2,3)4)13-21(18)30-23/h8,10,12,16H,5-7,9,11,13H2,1-4H3,(H,27,28)/t16-/m0/s1. The van der Waals surface area contributed by atoms with Gasteiger partial charge < -0.3 is 10.1 Å². The second kappa shape index (κ2) is 9.41. The van der Waals surface area contributed by atoms with Crippen LogP contribution in [-0.2, 0) is 17.6 Å². The van der Waals surface area contributed by atoms with E-state index in [9.17, 15) is 10.1 Å². The zero-order valence-electron chi connectivity index (χ0n) is 18.1. The molecule has 1 N–H and O–H groups in total. The van der Waals surface area contributed by atoms with Gasteiger partial charge in [-0.05, 0) is 73.3 Å². The summed E-state index contributed by atoms with van der Waals surface area (Å²) in [5.74, 6) is 1.31. The number of hydrogen-bond acceptors (Lipinski definition) is 4. The van der Waals surface area contributed by atoms with Crippen molar-refractivity contribution in [3.8, 4) is 11.8 Å². The van der Waals surface area contributed by atoms with Crippen molar-refractivity contribution >= 4 is 33.8 Å². The normalized spacial score (nSPS) is 15.9. The first kappa shape index (κ1) is 22.7. The number of thiophene rings is 1. The molecule has 1 heterocycles. The number of nitriles is 1. The molecule has 0 spiro atoms. The van der Waals surface area contributed by atoms with Gasteiger partial charge in [0.25, 0.3) is 0 Å². The molecule has 1 aromatic heterocycles. The van der Waals surface area contributed by atoms with Crippen molar-refractivity contribution in [3.63, 3.8) is 0 Å². The van der Waals surface area contributed by atoms with Crippen LogP contribution in [0.25, 0.3) is 0 Å². The second-order valence-electron chi connectivity index (χ2n) is 9.04. The smallest absolute Gasteiger partial charge is 0.225 e. The van der Waals surface area contributed by atoms with Gasteiger partial charge in [0, 0.05) is 16.3 Å². The predicted octanol–water partition coefficient (Wildman–Crippen LogP) is 6.53. The van der Waals surface area contributed by atoms with Crippen molar-refractivity contribution in [3.05, 3.63) is 44.8 Å². The van der Waals surface area contributed by atoms with Gasteiger partial charge in [0.2, 0.25) is 5.91 Å². The molecule has 1 aliphatic carbocycles. The third kappa shape index (κ3) is 5.36. The van der Waals surface area contributed by atoms with Gasteiger partial charge in [-0.2, -0.15) is 5.26 Å². The monoisotopic (exact) mass is 444 g/mol. The molecule has 3 rings (SSSR count). The van der Waals surface area contributed by atoms with E-state index in [1.165, 1.54) is 4.88 Å². The fraction of sp³-hybridized carbons (Fsp3) is 0.500. The number of anilines is 1. The molecule has 0 saturated heterocycles. The fourth-order valence-corrected chi connectivity index (χ4v) is 5.43. The van der Waals surface area contributed by atoms with E-state index in [1.807, 2.05) is 19.1 Å². The summed E-state index contributed by atoms with van der Waals surface area (Å²) in [5.41, 5.74) is 3.02. The molecule has 0 radical (unpaired) electrons. The SMILES string of the molecule is Cc1cc(Cl)ccc1OCCCC(=O)Nc1sc2c(c1C#N)CC[C@H](C(C)(C)C)C2. The predicted molar refractivity (Wildman–Crippen MR) is 124 cm³/mol. The van der Waals surface area contributed by atoms with E-state index in [2.05, 4.69) is 32.2 Å². The van der Waals surface area contributed by atoms with E-state index >= 15 is 0 Å². The Morgan fingerprint density at radius 2 is 2.17 bits per heavy atom. The first-order chi connectivity index (χ1) is 14.2. The summed E-state index contributed by atoms with van der Waals surface area (Å²) in [6.45, 7) is 9.22. The van der Waals surface area contributed by atoms with Gasteiger partial charge >= 0.3 is 0 Å². The molecule has 0 bridgehead atoms. The third-order valence-corrected chi connectivity index (χ3v) is 7.20. The number of hydrogen-bond donors (Lipinski definition) is 1. The number of nitrogens with one attached hydrogen (secondary N) is 1. The summed E-state index contributed by atoms with van der Waals surface area (Å²) in [6.07, 6.45) is 3.96. The van der Waals surface area contributed by atoms with Gasteiger partial charge in [-0.1, -0.05) is 32.4 Å². The third-order valence-electron chi connectivity index (χ3n) is 5.80. The van der Waals surface area contributed by atoms with E-state index in [1.54, 1.807) is 17.4 Å². The number of halogens is 1. The molecule has 0 aliphatic heterocycles. The van der Waals surface area contributed by atoms with Crippen LogP contribution in [0.3, 0.4) is 0 Å². The molecular weight excluding hydrogens is 416 g/mol. The maximum Gasteiger partial charge on any atom is 0.225 e. The van der Waals surface area contributed by atoms with E-state index in [4.69, 9.17) is 16.3 Å². The molecule has 1 amide bonds. The number of rotatable bonds is 6. The average molecular weight is 445 g/mol. The van der Waals surface area contributed by atoms with E-state index in [-0.39, 0.29) is 11.3 Å².